The molecule has 0 fully saturated rings. The third-order valence-corrected chi connectivity index (χ3v) is 5.62. The number of rotatable bonds is 12. The molecule has 0 radical (unpaired) electrons. The fourth-order valence-corrected chi connectivity index (χ4v) is 3.76. The summed E-state index contributed by atoms with van der Waals surface area (Å²) in [4.78, 5) is 25.3. The SMILES string of the molecule is CSc1ccccc1C(C)=C(C#N)C(=O)OC(=O)CCCCCCCCC(C)C. The van der Waals surface area contributed by atoms with E-state index in [4.69, 9.17) is 4.74 Å². The number of nitrogens with zero attached hydrogens (tertiary/aromatic N) is 1. The average molecular weight is 416 g/mol. The molecule has 0 N–H and O–H groups in total. The number of allylic oxidation sites excluding steroid dienone is 1. The maximum absolute atomic E-state index is 12.3. The van der Waals surface area contributed by atoms with Gasteiger partial charge < -0.3 is 4.74 Å². The Bertz CT molecular complexity index is 747. The third-order valence-electron chi connectivity index (χ3n) is 4.82. The van der Waals surface area contributed by atoms with E-state index in [1.165, 1.54) is 37.4 Å². The number of unbranched alkanes of at least 4 members (excludes halogenated alkanes) is 5. The molecular weight excluding hydrogens is 382 g/mol. The summed E-state index contributed by atoms with van der Waals surface area (Å²) in [5.74, 6) is -0.666. The highest BCUT2D eigenvalue weighted by molar-refractivity contribution is 7.98. The van der Waals surface area contributed by atoms with E-state index in [9.17, 15) is 14.9 Å². The average Bonchev–Trinajstić information content (AvgIpc) is 2.70. The van der Waals surface area contributed by atoms with Crippen molar-refractivity contribution < 1.29 is 14.3 Å². The molecule has 0 atom stereocenters. The highest BCUT2D eigenvalue weighted by Crippen LogP contribution is 2.28. The van der Waals surface area contributed by atoms with Crippen molar-refractivity contribution in [3.8, 4) is 6.07 Å². The van der Waals surface area contributed by atoms with Crippen LogP contribution in [0, 0.1) is 17.2 Å². The standard InChI is InChI=1S/C24H33NO3S/c1-18(2)13-9-7-5-6-8-10-16-23(26)28-24(27)21(17-25)19(3)20-14-11-12-15-22(20)29-4/h11-12,14-15,18H,5-10,13,16H2,1-4H3. The summed E-state index contributed by atoms with van der Waals surface area (Å²) < 4.78 is 4.93. The first-order chi connectivity index (χ1) is 13.9. The summed E-state index contributed by atoms with van der Waals surface area (Å²) in [5.41, 5.74) is 1.21. The van der Waals surface area contributed by atoms with Crippen LogP contribution >= 0.6 is 11.8 Å². The van der Waals surface area contributed by atoms with E-state index in [2.05, 4.69) is 13.8 Å². The molecule has 0 aliphatic rings. The number of carbonyl (C=O) groups is 2. The Hall–Kier alpha value is -2.06. The number of carbonyl (C=O) groups excluding carboxylic acids is 2. The summed E-state index contributed by atoms with van der Waals surface area (Å²) in [7, 11) is 0. The first-order valence-corrected chi connectivity index (χ1v) is 11.6. The van der Waals surface area contributed by atoms with Crippen molar-refractivity contribution in [3.05, 3.63) is 35.4 Å². The van der Waals surface area contributed by atoms with Gasteiger partial charge in [0.15, 0.2) is 0 Å². The van der Waals surface area contributed by atoms with Crippen LogP contribution in [0.3, 0.4) is 0 Å². The maximum Gasteiger partial charge on any atom is 0.356 e. The second-order valence-electron chi connectivity index (χ2n) is 7.63. The van der Waals surface area contributed by atoms with Crippen LogP contribution in [-0.4, -0.2) is 18.2 Å². The van der Waals surface area contributed by atoms with Gasteiger partial charge in [-0.25, -0.2) is 4.79 Å². The molecule has 0 spiro atoms. The zero-order valence-corrected chi connectivity index (χ0v) is 18.9. The van der Waals surface area contributed by atoms with Crippen LogP contribution in [0.1, 0.15) is 77.7 Å². The molecule has 1 rings (SSSR count). The largest absolute Gasteiger partial charge is 0.389 e. The zero-order chi connectivity index (χ0) is 21.6. The van der Waals surface area contributed by atoms with E-state index in [1.54, 1.807) is 6.92 Å². The molecule has 0 saturated carbocycles. The summed E-state index contributed by atoms with van der Waals surface area (Å²) in [6.07, 6.45) is 9.82. The van der Waals surface area contributed by atoms with E-state index in [0.29, 0.717) is 12.0 Å². The Balaban J connectivity index is 2.48. The van der Waals surface area contributed by atoms with E-state index in [0.717, 1.165) is 29.2 Å². The van der Waals surface area contributed by atoms with E-state index >= 15 is 0 Å². The molecule has 0 heterocycles. The number of thioether (sulfide) groups is 1. The number of nitriles is 1. The lowest BCUT2D eigenvalue weighted by Gasteiger charge is -2.09. The second-order valence-corrected chi connectivity index (χ2v) is 8.48. The van der Waals surface area contributed by atoms with Gasteiger partial charge in [-0.2, -0.15) is 5.26 Å². The molecule has 0 bridgehead atoms. The van der Waals surface area contributed by atoms with Crippen LogP contribution < -0.4 is 0 Å². The van der Waals surface area contributed by atoms with Crippen molar-refractivity contribution in [3.63, 3.8) is 0 Å². The number of benzene rings is 1. The van der Waals surface area contributed by atoms with Crippen molar-refractivity contribution >= 4 is 29.3 Å². The molecule has 158 valence electrons. The maximum atomic E-state index is 12.3. The van der Waals surface area contributed by atoms with Gasteiger partial charge in [0.25, 0.3) is 0 Å². The first kappa shape index (κ1) is 25.0. The summed E-state index contributed by atoms with van der Waals surface area (Å²) in [6.45, 7) is 6.18. The molecule has 0 saturated heterocycles. The Morgan fingerprint density at radius 2 is 1.69 bits per heavy atom. The Morgan fingerprint density at radius 1 is 1.07 bits per heavy atom. The lowest BCUT2D eigenvalue weighted by molar-refractivity contribution is -0.156. The highest BCUT2D eigenvalue weighted by Gasteiger charge is 2.20. The van der Waals surface area contributed by atoms with Crippen LogP contribution in [0.5, 0.6) is 0 Å². The molecule has 0 unspecified atom stereocenters. The predicted molar refractivity (Wildman–Crippen MR) is 119 cm³/mol. The van der Waals surface area contributed by atoms with Crippen molar-refractivity contribution in [2.75, 3.05) is 6.26 Å². The second kappa shape index (κ2) is 14.0. The zero-order valence-electron chi connectivity index (χ0n) is 18.1. The Kier molecular flexibility index (Phi) is 12.1. The molecular formula is C24H33NO3S. The third kappa shape index (κ3) is 9.32. The molecule has 1 aromatic rings. The van der Waals surface area contributed by atoms with Crippen molar-refractivity contribution in [1.29, 1.82) is 5.26 Å². The fourth-order valence-electron chi connectivity index (χ4n) is 3.11. The van der Waals surface area contributed by atoms with Gasteiger partial charge in [0.2, 0.25) is 0 Å². The van der Waals surface area contributed by atoms with Crippen LogP contribution in [0.25, 0.3) is 5.57 Å². The van der Waals surface area contributed by atoms with Gasteiger partial charge in [-0.15, -0.1) is 11.8 Å². The van der Waals surface area contributed by atoms with Gasteiger partial charge in [0.05, 0.1) is 0 Å². The quantitative estimate of drug-likeness (QED) is 0.0966. The lowest BCUT2D eigenvalue weighted by atomic mass is 10.0. The number of hydrogen-bond acceptors (Lipinski definition) is 5. The van der Waals surface area contributed by atoms with E-state index in [1.807, 2.05) is 36.6 Å². The summed E-state index contributed by atoms with van der Waals surface area (Å²) in [5, 5.41) is 9.43. The van der Waals surface area contributed by atoms with Gasteiger partial charge >= 0.3 is 11.9 Å². The highest BCUT2D eigenvalue weighted by atomic mass is 32.2. The molecule has 1 aromatic carbocycles. The summed E-state index contributed by atoms with van der Waals surface area (Å²) >= 11 is 1.54. The number of esters is 2. The van der Waals surface area contributed by atoms with Crippen molar-refractivity contribution in [2.45, 2.75) is 77.0 Å². The van der Waals surface area contributed by atoms with Crippen LogP contribution in [0.15, 0.2) is 34.7 Å². The van der Waals surface area contributed by atoms with Crippen molar-refractivity contribution in [2.24, 2.45) is 5.92 Å². The normalized spacial score (nSPS) is 11.7. The topological polar surface area (TPSA) is 67.2 Å². The predicted octanol–water partition coefficient (Wildman–Crippen LogP) is 6.55. The minimum absolute atomic E-state index is 0.120. The minimum Gasteiger partial charge on any atom is -0.389 e. The Labute approximate surface area is 179 Å². The van der Waals surface area contributed by atoms with E-state index < -0.39 is 11.9 Å². The van der Waals surface area contributed by atoms with Crippen LogP contribution in [-0.2, 0) is 14.3 Å². The van der Waals surface area contributed by atoms with Gasteiger partial charge in [-0.05, 0) is 42.7 Å². The molecule has 5 heteroatoms. The van der Waals surface area contributed by atoms with Gasteiger partial charge in [-0.1, -0.05) is 70.6 Å². The fraction of sp³-hybridized carbons (Fsp3) is 0.542. The molecule has 4 nitrogen and oxygen atoms in total. The van der Waals surface area contributed by atoms with Crippen LogP contribution in [0.2, 0.25) is 0 Å². The van der Waals surface area contributed by atoms with Gasteiger partial charge in [0.1, 0.15) is 11.6 Å². The monoisotopic (exact) mass is 415 g/mol. The van der Waals surface area contributed by atoms with Crippen molar-refractivity contribution in [1.82, 2.24) is 0 Å². The molecule has 0 amide bonds. The molecule has 0 aliphatic carbocycles. The van der Waals surface area contributed by atoms with E-state index in [-0.39, 0.29) is 12.0 Å². The number of hydrogen-bond donors (Lipinski definition) is 0. The molecule has 0 aromatic heterocycles. The van der Waals surface area contributed by atoms with Crippen LogP contribution in [0.4, 0.5) is 0 Å². The summed E-state index contributed by atoms with van der Waals surface area (Å²) in [6, 6.07) is 9.45. The lowest BCUT2D eigenvalue weighted by Crippen LogP contribution is -2.14. The number of ether oxygens (including phenoxy) is 1. The van der Waals surface area contributed by atoms with Gasteiger partial charge in [0, 0.05) is 11.3 Å². The molecule has 29 heavy (non-hydrogen) atoms. The molecule has 0 aliphatic heterocycles. The van der Waals surface area contributed by atoms with Gasteiger partial charge in [-0.3, -0.25) is 4.79 Å². The Morgan fingerprint density at radius 3 is 2.31 bits per heavy atom. The smallest absolute Gasteiger partial charge is 0.356 e. The first-order valence-electron chi connectivity index (χ1n) is 10.4. The minimum atomic E-state index is -0.861.